The molecule has 0 aliphatic rings. The molecule has 0 saturated heterocycles. The monoisotopic (exact) mass is 610 g/mol. The minimum Gasteiger partial charge on any atom is -0.481 e. The number of allylic oxidation sites excluding steroid dienone is 12. The van der Waals surface area contributed by atoms with Crippen LogP contribution in [0, 0.1) is 0 Å². The normalized spacial score (nSPS) is 12.5. The van der Waals surface area contributed by atoms with Gasteiger partial charge in [-0.05, 0) is 89.9 Å². The van der Waals surface area contributed by atoms with E-state index in [0.29, 0.717) is 12.8 Å². The van der Waals surface area contributed by atoms with E-state index in [-0.39, 0.29) is 0 Å². The number of carboxylic acids is 2. The van der Waals surface area contributed by atoms with E-state index < -0.39 is 11.9 Å². The number of hydrogen-bond acceptors (Lipinski definition) is 2. The Labute approximate surface area is 271 Å². The van der Waals surface area contributed by atoms with Crippen LogP contribution in [0.15, 0.2) is 72.9 Å². The summed E-state index contributed by atoms with van der Waals surface area (Å²) in [6.07, 6.45) is 55.5. The van der Waals surface area contributed by atoms with Crippen molar-refractivity contribution < 1.29 is 19.8 Å². The fourth-order valence-electron chi connectivity index (χ4n) is 4.92. The van der Waals surface area contributed by atoms with E-state index in [9.17, 15) is 9.59 Å². The van der Waals surface area contributed by atoms with Crippen LogP contribution in [-0.2, 0) is 9.59 Å². The molecule has 0 unspecified atom stereocenters. The van der Waals surface area contributed by atoms with E-state index in [1.165, 1.54) is 77.0 Å². The standard InChI is InChI=1S/C40H66O4/c41-39(42)37-35-33-31-29-27-25-23-21-19-17-15-13-11-9-7-5-3-1-2-4-6-8-10-12-14-16-18-20-22-24-26-28-30-32-34-36-38-40(43)44/h9-12,15-18,21-24H,1-8,13-14,19-20,25-38H2,(H,41,42)(H,43,44). The van der Waals surface area contributed by atoms with Crippen molar-refractivity contribution in [2.45, 2.75) is 167 Å². The molecule has 0 aromatic rings. The van der Waals surface area contributed by atoms with Crippen LogP contribution in [0.3, 0.4) is 0 Å². The first-order chi connectivity index (χ1) is 21.6. The fraction of sp³-hybridized carbons (Fsp3) is 0.650. The smallest absolute Gasteiger partial charge is 0.303 e. The van der Waals surface area contributed by atoms with Crippen LogP contribution in [0.5, 0.6) is 0 Å². The first-order valence-electron chi connectivity index (χ1n) is 18.0. The molecule has 0 aliphatic carbocycles. The molecule has 0 radical (unpaired) electrons. The Morgan fingerprint density at radius 2 is 0.500 bits per heavy atom. The zero-order valence-electron chi connectivity index (χ0n) is 28.0. The van der Waals surface area contributed by atoms with Crippen LogP contribution in [0.25, 0.3) is 0 Å². The zero-order valence-corrected chi connectivity index (χ0v) is 28.0. The van der Waals surface area contributed by atoms with Crippen molar-refractivity contribution in [2.24, 2.45) is 0 Å². The van der Waals surface area contributed by atoms with Gasteiger partial charge in [-0.3, -0.25) is 9.59 Å². The van der Waals surface area contributed by atoms with Crippen molar-refractivity contribution >= 4 is 11.9 Å². The van der Waals surface area contributed by atoms with Crippen molar-refractivity contribution in [1.29, 1.82) is 0 Å². The molecule has 250 valence electrons. The molecule has 4 nitrogen and oxygen atoms in total. The van der Waals surface area contributed by atoms with Crippen molar-refractivity contribution in [2.75, 3.05) is 0 Å². The van der Waals surface area contributed by atoms with Crippen LogP contribution in [0.4, 0.5) is 0 Å². The predicted octanol–water partition coefficient (Wildman–Crippen LogP) is 12.6. The van der Waals surface area contributed by atoms with E-state index >= 15 is 0 Å². The lowest BCUT2D eigenvalue weighted by Gasteiger charge is -1.99. The first kappa shape index (κ1) is 41.4. The largest absolute Gasteiger partial charge is 0.481 e. The number of unbranched alkanes of at least 4 members (excludes halogenated alkanes) is 17. The minimum absolute atomic E-state index is 0.310. The van der Waals surface area contributed by atoms with Crippen LogP contribution in [-0.4, -0.2) is 22.2 Å². The highest BCUT2D eigenvalue weighted by atomic mass is 16.4. The van der Waals surface area contributed by atoms with Gasteiger partial charge in [0.2, 0.25) is 0 Å². The van der Waals surface area contributed by atoms with Gasteiger partial charge in [-0.25, -0.2) is 0 Å². The van der Waals surface area contributed by atoms with Gasteiger partial charge in [0.15, 0.2) is 0 Å². The molecular weight excluding hydrogens is 544 g/mol. The highest BCUT2D eigenvalue weighted by molar-refractivity contribution is 5.66. The van der Waals surface area contributed by atoms with E-state index in [1.807, 2.05) is 0 Å². The molecule has 0 spiro atoms. The van der Waals surface area contributed by atoms with Gasteiger partial charge in [0.1, 0.15) is 0 Å². The summed E-state index contributed by atoms with van der Waals surface area (Å²) in [6.45, 7) is 0. The average Bonchev–Trinajstić information content (AvgIpc) is 3.00. The summed E-state index contributed by atoms with van der Waals surface area (Å²) in [5.74, 6) is -1.36. The Balaban J connectivity index is 3.35. The van der Waals surface area contributed by atoms with E-state index in [2.05, 4.69) is 72.9 Å². The molecule has 0 atom stereocenters. The molecule has 0 rings (SSSR count). The third-order valence-corrected chi connectivity index (χ3v) is 7.60. The molecule has 0 aromatic heterocycles. The van der Waals surface area contributed by atoms with Gasteiger partial charge in [-0.15, -0.1) is 0 Å². The molecule has 0 aromatic carbocycles. The third kappa shape index (κ3) is 39.4. The van der Waals surface area contributed by atoms with Crippen molar-refractivity contribution in [1.82, 2.24) is 0 Å². The molecule has 0 heterocycles. The molecular formula is C40H66O4. The minimum atomic E-state index is -0.678. The molecule has 0 bridgehead atoms. The van der Waals surface area contributed by atoms with Gasteiger partial charge in [0, 0.05) is 12.8 Å². The summed E-state index contributed by atoms with van der Waals surface area (Å²) in [4.78, 5) is 20.9. The quantitative estimate of drug-likeness (QED) is 0.0572. The van der Waals surface area contributed by atoms with Crippen molar-refractivity contribution in [3.8, 4) is 0 Å². The maximum atomic E-state index is 10.5. The van der Waals surface area contributed by atoms with Gasteiger partial charge in [-0.2, -0.15) is 0 Å². The summed E-state index contributed by atoms with van der Waals surface area (Å²) in [7, 11) is 0. The van der Waals surface area contributed by atoms with Gasteiger partial charge in [0.25, 0.3) is 0 Å². The Hall–Kier alpha value is -2.62. The Morgan fingerprint density at radius 3 is 0.750 bits per heavy atom. The maximum Gasteiger partial charge on any atom is 0.303 e. The highest BCUT2D eigenvalue weighted by Crippen LogP contribution is 2.11. The second kappa shape index (κ2) is 36.6. The van der Waals surface area contributed by atoms with E-state index in [4.69, 9.17) is 10.2 Å². The molecule has 4 heteroatoms. The average molecular weight is 611 g/mol. The Morgan fingerprint density at radius 1 is 0.295 bits per heavy atom. The summed E-state index contributed by atoms with van der Waals surface area (Å²) < 4.78 is 0. The molecule has 44 heavy (non-hydrogen) atoms. The van der Waals surface area contributed by atoms with Crippen LogP contribution in [0.2, 0.25) is 0 Å². The lowest BCUT2D eigenvalue weighted by atomic mass is 10.1. The summed E-state index contributed by atoms with van der Waals surface area (Å²) >= 11 is 0. The van der Waals surface area contributed by atoms with Gasteiger partial charge < -0.3 is 10.2 Å². The lowest BCUT2D eigenvalue weighted by Crippen LogP contribution is -1.93. The SMILES string of the molecule is O=C(O)CCCCCCCC=CCC=CCC=CCCCCCCCCC=CCC=CCC=CCCCCCCCC(=O)O. The number of rotatable bonds is 33. The molecule has 2 N–H and O–H groups in total. The van der Waals surface area contributed by atoms with E-state index in [1.54, 1.807) is 0 Å². The molecule has 0 aliphatic heterocycles. The van der Waals surface area contributed by atoms with Gasteiger partial charge in [0.05, 0.1) is 0 Å². The zero-order chi connectivity index (χ0) is 32.0. The van der Waals surface area contributed by atoms with Gasteiger partial charge >= 0.3 is 11.9 Å². The van der Waals surface area contributed by atoms with Crippen molar-refractivity contribution in [3.05, 3.63) is 72.9 Å². The molecule has 0 fully saturated rings. The first-order valence-corrected chi connectivity index (χ1v) is 18.0. The number of aliphatic carboxylic acids is 2. The molecule has 0 saturated carbocycles. The highest BCUT2D eigenvalue weighted by Gasteiger charge is 1.97. The summed E-state index contributed by atoms with van der Waals surface area (Å²) in [6, 6.07) is 0. The predicted molar refractivity (Wildman–Crippen MR) is 190 cm³/mol. The number of hydrogen-bond donors (Lipinski definition) is 2. The second-order valence-electron chi connectivity index (χ2n) is 11.9. The number of carbonyl (C=O) groups is 2. The Bertz CT molecular complexity index is 747. The fourth-order valence-corrected chi connectivity index (χ4v) is 4.92. The summed E-state index contributed by atoms with van der Waals surface area (Å²) in [5.41, 5.74) is 0. The maximum absolute atomic E-state index is 10.5. The van der Waals surface area contributed by atoms with Crippen LogP contribution in [0.1, 0.15) is 167 Å². The third-order valence-electron chi connectivity index (χ3n) is 7.60. The Kier molecular flexibility index (Phi) is 34.4. The number of carboxylic acid groups (broad SMARTS) is 2. The second-order valence-corrected chi connectivity index (χ2v) is 11.9. The van der Waals surface area contributed by atoms with Crippen molar-refractivity contribution in [3.63, 3.8) is 0 Å². The van der Waals surface area contributed by atoms with Crippen LogP contribution >= 0.6 is 0 Å². The van der Waals surface area contributed by atoms with Crippen LogP contribution < -0.4 is 0 Å². The molecule has 0 amide bonds. The van der Waals surface area contributed by atoms with E-state index in [0.717, 1.165) is 77.0 Å². The summed E-state index contributed by atoms with van der Waals surface area (Å²) in [5, 5.41) is 17.2. The lowest BCUT2D eigenvalue weighted by molar-refractivity contribution is -0.138. The topological polar surface area (TPSA) is 74.6 Å². The van der Waals surface area contributed by atoms with Gasteiger partial charge in [-0.1, -0.05) is 137 Å².